The van der Waals surface area contributed by atoms with E-state index in [0.29, 0.717) is 25.4 Å². The van der Waals surface area contributed by atoms with Crippen molar-refractivity contribution in [3.05, 3.63) is 29.8 Å². The minimum Gasteiger partial charge on any atom is -0.466 e. The van der Waals surface area contributed by atoms with Crippen molar-refractivity contribution >= 4 is 12.1 Å². The summed E-state index contributed by atoms with van der Waals surface area (Å²) in [5, 5.41) is 0. The lowest BCUT2D eigenvalue weighted by molar-refractivity contribution is -0.142. The summed E-state index contributed by atoms with van der Waals surface area (Å²) >= 11 is 0. The van der Waals surface area contributed by atoms with Gasteiger partial charge in [-0.15, -0.1) is 0 Å². The van der Waals surface area contributed by atoms with Crippen molar-refractivity contribution in [2.45, 2.75) is 27.2 Å². The van der Waals surface area contributed by atoms with Crippen molar-refractivity contribution in [1.29, 1.82) is 0 Å². The summed E-state index contributed by atoms with van der Waals surface area (Å²) in [5.41, 5.74) is 0.758. The Bertz CT molecular complexity index is 455. The Labute approximate surface area is 119 Å². The molecule has 0 aliphatic rings. The smallest absolute Gasteiger partial charge is 0.415 e. The van der Waals surface area contributed by atoms with Gasteiger partial charge in [-0.3, -0.25) is 4.79 Å². The molecule has 0 saturated carbocycles. The zero-order valence-electron chi connectivity index (χ0n) is 12.2. The second-order valence-electron chi connectivity index (χ2n) is 4.17. The number of ether oxygens (including phenoxy) is 2. The molecule has 0 aromatic heterocycles. The van der Waals surface area contributed by atoms with Crippen LogP contribution in [-0.2, 0) is 16.0 Å². The standard InChI is InChI=1S/C15H21NO4/c1-4-16(5-2)15(18)20-13-9-7-8-12(10-13)11-14(17)19-6-3/h7-10H,4-6,11H2,1-3H3. The van der Waals surface area contributed by atoms with E-state index in [1.54, 1.807) is 36.1 Å². The van der Waals surface area contributed by atoms with Crippen molar-refractivity contribution in [2.24, 2.45) is 0 Å². The van der Waals surface area contributed by atoms with E-state index in [2.05, 4.69) is 0 Å². The first kappa shape index (κ1) is 16.0. The van der Waals surface area contributed by atoms with Crippen molar-refractivity contribution in [3.8, 4) is 5.75 Å². The molecule has 0 saturated heterocycles. The molecule has 5 heteroatoms. The number of benzene rings is 1. The van der Waals surface area contributed by atoms with E-state index in [4.69, 9.17) is 9.47 Å². The highest BCUT2D eigenvalue weighted by molar-refractivity contribution is 5.73. The first-order valence-corrected chi connectivity index (χ1v) is 6.82. The van der Waals surface area contributed by atoms with E-state index < -0.39 is 0 Å². The number of amides is 1. The van der Waals surface area contributed by atoms with Crippen molar-refractivity contribution in [2.75, 3.05) is 19.7 Å². The molecule has 20 heavy (non-hydrogen) atoms. The number of carbonyl (C=O) groups excluding carboxylic acids is 2. The summed E-state index contributed by atoms with van der Waals surface area (Å²) in [7, 11) is 0. The van der Waals surface area contributed by atoms with Gasteiger partial charge in [-0.1, -0.05) is 12.1 Å². The van der Waals surface area contributed by atoms with Crippen LogP contribution in [0.2, 0.25) is 0 Å². The molecule has 0 aliphatic carbocycles. The Hall–Kier alpha value is -2.04. The van der Waals surface area contributed by atoms with Gasteiger partial charge in [-0.25, -0.2) is 4.79 Å². The maximum Gasteiger partial charge on any atom is 0.415 e. The normalized spacial score (nSPS) is 9.95. The Kier molecular flexibility index (Phi) is 6.56. The molecule has 0 atom stereocenters. The number of hydrogen-bond acceptors (Lipinski definition) is 4. The molecule has 1 rings (SSSR count). The molecule has 0 bridgehead atoms. The maximum absolute atomic E-state index is 11.8. The summed E-state index contributed by atoms with van der Waals surface area (Å²) in [6.07, 6.45) is -0.215. The number of esters is 1. The molecule has 0 fully saturated rings. The third-order valence-corrected chi connectivity index (χ3v) is 2.78. The third kappa shape index (κ3) is 4.91. The van der Waals surface area contributed by atoms with Gasteiger partial charge >= 0.3 is 12.1 Å². The van der Waals surface area contributed by atoms with Crippen LogP contribution in [0.15, 0.2) is 24.3 Å². The predicted octanol–water partition coefficient (Wildman–Crippen LogP) is 2.63. The number of rotatable bonds is 6. The zero-order chi connectivity index (χ0) is 15.0. The lowest BCUT2D eigenvalue weighted by Gasteiger charge is -2.18. The molecular weight excluding hydrogens is 258 g/mol. The zero-order valence-corrected chi connectivity index (χ0v) is 12.2. The van der Waals surface area contributed by atoms with Crippen LogP contribution in [0.3, 0.4) is 0 Å². The van der Waals surface area contributed by atoms with E-state index in [1.807, 2.05) is 13.8 Å². The second kappa shape index (κ2) is 8.19. The number of carbonyl (C=O) groups is 2. The molecular formula is C15H21NO4. The highest BCUT2D eigenvalue weighted by Crippen LogP contribution is 2.15. The lowest BCUT2D eigenvalue weighted by atomic mass is 10.1. The molecule has 5 nitrogen and oxygen atoms in total. The minimum atomic E-state index is -0.386. The molecule has 0 N–H and O–H groups in total. The summed E-state index contributed by atoms with van der Waals surface area (Å²) < 4.78 is 10.2. The first-order chi connectivity index (χ1) is 9.60. The Morgan fingerprint density at radius 3 is 2.45 bits per heavy atom. The van der Waals surface area contributed by atoms with E-state index in [9.17, 15) is 9.59 Å². The predicted molar refractivity (Wildman–Crippen MR) is 75.7 cm³/mol. The SMILES string of the molecule is CCOC(=O)Cc1cccc(OC(=O)N(CC)CC)c1. The number of hydrogen-bond donors (Lipinski definition) is 0. The summed E-state index contributed by atoms with van der Waals surface area (Å²) in [5.74, 6) is 0.142. The third-order valence-electron chi connectivity index (χ3n) is 2.78. The highest BCUT2D eigenvalue weighted by Gasteiger charge is 2.12. The fraction of sp³-hybridized carbons (Fsp3) is 0.467. The molecule has 0 aliphatic heterocycles. The van der Waals surface area contributed by atoms with Gasteiger partial charge < -0.3 is 14.4 Å². The molecule has 0 unspecified atom stereocenters. The Balaban J connectivity index is 2.68. The summed E-state index contributed by atoms with van der Waals surface area (Å²) in [6.45, 7) is 7.09. The largest absolute Gasteiger partial charge is 0.466 e. The van der Waals surface area contributed by atoms with Crippen LogP contribution < -0.4 is 4.74 Å². The first-order valence-electron chi connectivity index (χ1n) is 6.82. The molecule has 0 radical (unpaired) electrons. The van der Waals surface area contributed by atoms with Gasteiger partial charge in [0.2, 0.25) is 0 Å². The van der Waals surface area contributed by atoms with Crippen molar-refractivity contribution < 1.29 is 19.1 Å². The van der Waals surface area contributed by atoms with Crippen molar-refractivity contribution in [1.82, 2.24) is 4.90 Å². The topological polar surface area (TPSA) is 55.8 Å². The van der Waals surface area contributed by atoms with E-state index in [-0.39, 0.29) is 18.5 Å². The fourth-order valence-electron chi connectivity index (χ4n) is 1.74. The maximum atomic E-state index is 11.8. The highest BCUT2D eigenvalue weighted by atomic mass is 16.6. The van der Waals surface area contributed by atoms with Gasteiger partial charge in [0, 0.05) is 13.1 Å². The molecule has 0 heterocycles. The van der Waals surface area contributed by atoms with Gasteiger partial charge in [0.1, 0.15) is 5.75 Å². The number of nitrogens with zero attached hydrogens (tertiary/aromatic N) is 1. The van der Waals surface area contributed by atoms with E-state index in [0.717, 1.165) is 5.56 Å². The van der Waals surface area contributed by atoms with E-state index in [1.165, 1.54) is 0 Å². The van der Waals surface area contributed by atoms with Gasteiger partial charge in [0.05, 0.1) is 13.0 Å². The van der Waals surface area contributed by atoms with Crippen LogP contribution in [0.4, 0.5) is 4.79 Å². The average Bonchev–Trinajstić information content (AvgIpc) is 2.40. The molecule has 110 valence electrons. The molecule has 0 spiro atoms. The fourth-order valence-corrected chi connectivity index (χ4v) is 1.74. The van der Waals surface area contributed by atoms with Crippen LogP contribution >= 0.6 is 0 Å². The Morgan fingerprint density at radius 1 is 1.15 bits per heavy atom. The van der Waals surface area contributed by atoms with Crippen LogP contribution in [0.5, 0.6) is 5.75 Å². The van der Waals surface area contributed by atoms with Crippen molar-refractivity contribution in [3.63, 3.8) is 0 Å². The van der Waals surface area contributed by atoms with Crippen LogP contribution in [0, 0.1) is 0 Å². The van der Waals surface area contributed by atoms with Gasteiger partial charge in [0.25, 0.3) is 0 Å². The quantitative estimate of drug-likeness (QED) is 0.751. The van der Waals surface area contributed by atoms with Crippen LogP contribution in [0.1, 0.15) is 26.3 Å². The van der Waals surface area contributed by atoms with E-state index >= 15 is 0 Å². The van der Waals surface area contributed by atoms with Crippen LogP contribution in [-0.4, -0.2) is 36.7 Å². The monoisotopic (exact) mass is 279 g/mol. The van der Waals surface area contributed by atoms with Gasteiger partial charge in [0.15, 0.2) is 0 Å². The Morgan fingerprint density at radius 2 is 1.85 bits per heavy atom. The molecule has 1 amide bonds. The second-order valence-corrected chi connectivity index (χ2v) is 4.17. The lowest BCUT2D eigenvalue weighted by Crippen LogP contribution is -2.33. The average molecular weight is 279 g/mol. The van der Waals surface area contributed by atoms with Gasteiger partial charge in [-0.2, -0.15) is 0 Å². The summed E-state index contributed by atoms with van der Waals surface area (Å²) in [6, 6.07) is 6.92. The van der Waals surface area contributed by atoms with Crippen LogP contribution in [0.25, 0.3) is 0 Å². The minimum absolute atomic E-state index is 0.171. The molecule has 1 aromatic carbocycles. The molecule has 1 aromatic rings. The summed E-state index contributed by atoms with van der Waals surface area (Å²) in [4.78, 5) is 24.8. The van der Waals surface area contributed by atoms with Gasteiger partial charge in [-0.05, 0) is 38.5 Å².